The minimum absolute atomic E-state index is 0.113. The Morgan fingerprint density at radius 1 is 1.50 bits per heavy atom. The summed E-state index contributed by atoms with van der Waals surface area (Å²) in [6, 6.07) is 3.85. The molecule has 1 aromatic carbocycles. The minimum Gasteiger partial charge on any atom is -0.310 e. The highest BCUT2D eigenvalue weighted by molar-refractivity contribution is 5.37. The third-order valence-corrected chi connectivity index (χ3v) is 3.05. The van der Waals surface area contributed by atoms with E-state index in [0.717, 1.165) is 30.5 Å². The zero-order valence-corrected chi connectivity index (χ0v) is 8.73. The molecule has 0 saturated heterocycles. The summed E-state index contributed by atoms with van der Waals surface area (Å²) in [5, 5.41) is 3.41. The van der Waals surface area contributed by atoms with Gasteiger partial charge in [-0.05, 0) is 48.6 Å². The predicted octanol–water partition coefficient (Wildman–Crippen LogP) is 2.56. The van der Waals surface area contributed by atoms with Gasteiger partial charge in [-0.15, -0.1) is 0 Å². The number of hydrogen-bond donors (Lipinski definition) is 1. The largest absolute Gasteiger partial charge is 0.310 e. The van der Waals surface area contributed by atoms with Crippen LogP contribution < -0.4 is 5.32 Å². The number of hydrogen-bond acceptors (Lipinski definition) is 1. The van der Waals surface area contributed by atoms with Gasteiger partial charge in [0.2, 0.25) is 0 Å². The summed E-state index contributed by atoms with van der Waals surface area (Å²) in [7, 11) is 0. The van der Waals surface area contributed by atoms with Crippen LogP contribution in [0.5, 0.6) is 0 Å². The van der Waals surface area contributed by atoms with E-state index < -0.39 is 0 Å². The van der Waals surface area contributed by atoms with Gasteiger partial charge in [-0.1, -0.05) is 6.92 Å². The molecule has 0 fully saturated rings. The van der Waals surface area contributed by atoms with Crippen molar-refractivity contribution in [3.63, 3.8) is 0 Å². The number of rotatable bonds is 1. The van der Waals surface area contributed by atoms with Gasteiger partial charge in [0.05, 0.1) is 0 Å². The van der Waals surface area contributed by atoms with Crippen LogP contribution in [0, 0.1) is 12.7 Å². The average Bonchev–Trinajstić information content (AvgIpc) is 2.17. The van der Waals surface area contributed by atoms with Crippen molar-refractivity contribution in [3.05, 3.63) is 34.6 Å². The van der Waals surface area contributed by atoms with Gasteiger partial charge in [0.15, 0.2) is 0 Å². The van der Waals surface area contributed by atoms with Gasteiger partial charge in [0, 0.05) is 12.6 Å². The first-order chi connectivity index (χ1) is 6.70. The first-order valence-corrected chi connectivity index (χ1v) is 5.22. The molecule has 2 heteroatoms. The van der Waals surface area contributed by atoms with E-state index in [0.29, 0.717) is 6.04 Å². The van der Waals surface area contributed by atoms with Crippen molar-refractivity contribution in [1.29, 1.82) is 0 Å². The second kappa shape index (κ2) is 3.70. The third kappa shape index (κ3) is 1.67. The topological polar surface area (TPSA) is 12.0 Å². The first-order valence-electron chi connectivity index (χ1n) is 5.22. The summed E-state index contributed by atoms with van der Waals surface area (Å²) >= 11 is 0. The van der Waals surface area contributed by atoms with Gasteiger partial charge in [-0.3, -0.25) is 0 Å². The second-order valence-electron chi connectivity index (χ2n) is 4.05. The molecular formula is C12H16FN. The molecule has 0 bridgehead atoms. The SMILES string of the molecule is CCC1Cc2c(C)cc(F)cc2CN1. The lowest BCUT2D eigenvalue weighted by Gasteiger charge is -2.26. The smallest absolute Gasteiger partial charge is 0.123 e. The van der Waals surface area contributed by atoms with Crippen molar-refractivity contribution in [3.8, 4) is 0 Å². The molecule has 0 aliphatic carbocycles. The molecule has 1 aromatic rings. The van der Waals surface area contributed by atoms with Crippen LogP contribution in [-0.4, -0.2) is 6.04 Å². The number of benzene rings is 1. The lowest BCUT2D eigenvalue weighted by atomic mass is 9.91. The molecule has 1 atom stereocenters. The van der Waals surface area contributed by atoms with Crippen LogP contribution in [0.25, 0.3) is 0 Å². The molecule has 1 aliphatic heterocycles. The molecule has 1 nitrogen and oxygen atoms in total. The molecule has 0 saturated carbocycles. The number of nitrogens with one attached hydrogen (secondary N) is 1. The van der Waals surface area contributed by atoms with E-state index in [2.05, 4.69) is 12.2 Å². The van der Waals surface area contributed by atoms with E-state index in [-0.39, 0.29) is 5.82 Å². The summed E-state index contributed by atoms with van der Waals surface area (Å²) < 4.78 is 13.1. The van der Waals surface area contributed by atoms with Gasteiger partial charge in [0.1, 0.15) is 5.82 Å². The first kappa shape index (κ1) is 9.66. The maximum absolute atomic E-state index is 13.1. The number of aryl methyl sites for hydroxylation is 1. The van der Waals surface area contributed by atoms with Crippen molar-refractivity contribution in [2.24, 2.45) is 0 Å². The molecule has 1 N–H and O–H groups in total. The Morgan fingerprint density at radius 2 is 2.29 bits per heavy atom. The highest BCUT2D eigenvalue weighted by Gasteiger charge is 2.18. The van der Waals surface area contributed by atoms with Crippen LogP contribution in [-0.2, 0) is 13.0 Å². The van der Waals surface area contributed by atoms with Crippen LogP contribution in [0.15, 0.2) is 12.1 Å². The molecule has 1 unspecified atom stereocenters. The van der Waals surface area contributed by atoms with Crippen molar-refractivity contribution in [2.45, 2.75) is 39.3 Å². The van der Waals surface area contributed by atoms with Crippen LogP contribution in [0.3, 0.4) is 0 Å². The molecule has 76 valence electrons. The van der Waals surface area contributed by atoms with E-state index >= 15 is 0 Å². The van der Waals surface area contributed by atoms with Gasteiger partial charge < -0.3 is 5.32 Å². The Labute approximate surface area is 84.3 Å². The van der Waals surface area contributed by atoms with E-state index in [1.165, 1.54) is 5.56 Å². The number of fused-ring (bicyclic) bond motifs is 1. The molecule has 1 aliphatic rings. The van der Waals surface area contributed by atoms with Crippen molar-refractivity contribution in [2.75, 3.05) is 0 Å². The fraction of sp³-hybridized carbons (Fsp3) is 0.500. The Morgan fingerprint density at radius 3 is 3.00 bits per heavy atom. The van der Waals surface area contributed by atoms with Crippen molar-refractivity contribution in [1.82, 2.24) is 5.32 Å². The Hall–Kier alpha value is -0.890. The van der Waals surface area contributed by atoms with E-state index in [9.17, 15) is 4.39 Å². The Balaban J connectivity index is 2.37. The van der Waals surface area contributed by atoms with Gasteiger partial charge in [-0.2, -0.15) is 0 Å². The summed E-state index contributed by atoms with van der Waals surface area (Å²) in [6.45, 7) is 4.99. The highest BCUT2D eigenvalue weighted by atomic mass is 19.1. The molecule has 2 rings (SSSR count). The average molecular weight is 193 g/mol. The second-order valence-corrected chi connectivity index (χ2v) is 4.05. The lowest BCUT2D eigenvalue weighted by Crippen LogP contribution is -2.35. The summed E-state index contributed by atoms with van der Waals surface area (Å²) in [4.78, 5) is 0. The summed E-state index contributed by atoms with van der Waals surface area (Å²) in [5.41, 5.74) is 3.57. The highest BCUT2D eigenvalue weighted by Crippen LogP contribution is 2.22. The van der Waals surface area contributed by atoms with Gasteiger partial charge in [0.25, 0.3) is 0 Å². The van der Waals surface area contributed by atoms with Crippen LogP contribution in [0.4, 0.5) is 4.39 Å². The van der Waals surface area contributed by atoms with Crippen molar-refractivity contribution < 1.29 is 4.39 Å². The molecule has 0 amide bonds. The maximum atomic E-state index is 13.1. The van der Waals surface area contributed by atoms with Crippen molar-refractivity contribution >= 4 is 0 Å². The standard InChI is InChI=1S/C12H16FN/c1-3-11-6-12-8(2)4-10(13)5-9(12)7-14-11/h4-5,11,14H,3,6-7H2,1-2H3. The monoisotopic (exact) mass is 193 g/mol. The fourth-order valence-corrected chi connectivity index (χ4v) is 2.15. The molecule has 0 spiro atoms. The summed E-state index contributed by atoms with van der Waals surface area (Å²) in [5.74, 6) is -0.113. The maximum Gasteiger partial charge on any atom is 0.123 e. The Kier molecular flexibility index (Phi) is 2.55. The third-order valence-electron chi connectivity index (χ3n) is 3.05. The predicted molar refractivity (Wildman–Crippen MR) is 55.8 cm³/mol. The number of halogens is 1. The zero-order chi connectivity index (χ0) is 10.1. The summed E-state index contributed by atoms with van der Waals surface area (Å²) in [6.07, 6.45) is 2.17. The Bertz CT molecular complexity index is 346. The zero-order valence-electron chi connectivity index (χ0n) is 8.73. The van der Waals surface area contributed by atoms with Crippen LogP contribution in [0.2, 0.25) is 0 Å². The lowest BCUT2D eigenvalue weighted by molar-refractivity contribution is 0.464. The van der Waals surface area contributed by atoms with Gasteiger partial charge in [-0.25, -0.2) is 4.39 Å². The van der Waals surface area contributed by atoms with E-state index in [1.54, 1.807) is 12.1 Å². The van der Waals surface area contributed by atoms with Crippen LogP contribution >= 0.6 is 0 Å². The molecule has 14 heavy (non-hydrogen) atoms. The van der Waals surface area contributed by atoms with Gasteiger partial charge >= 0.3 is 0 Å². The molecule has 0 aromatic heterocycles. The van der Waals surface area contributed by atoms with E-state index in [4.69, 9.17) is 0 Å². The molecule has 1 heterocycles. The van der Waals surface area contributed by atoms with Crippen LogP contribution in [0.1, 0.15) is 30.0 Å². The van der Waals surface area contributed by atoms with E-state index in [1.807, 2.05) is 6.92 Å². The quantitative estimate of drug-likeness (QED) is 0.722. The normalized spacial score (nSPS) is 20.6. The minimum atomic E-state index is -0.113. The molecule has 0 radical (unpaired) electrons. The fourth-order valence-electron chi connectivity index (χ4n) is 2.15. The molecular weight excluding hydrogens is 177 g/mol.